The van der Waals surface area contributed by atoms with Crippen molar-refractivity contribution < 1.29 is 14.6 Å². The van der Waals surface area contributed by atoms with Crippen LogP contribution in [-0.4, -0.2) is 37.4 Å². The Hall–Kier alpha value is -4.38. The maximum Gasteiger partial charge on any atom is 0.342 e. The fraction of sp³-hybridized carbons (Fsp3) is 0.130. The lowest BCUT2D eigenvalue weighted by molar-refractivity contribution is 0.0501. The van der Waals surface area contributed by atoms with Crippen molar-refractivity contribution in [3.8, 4) is 11.8 Å². The number of carbonyl (C=O) groups excluding carboxylic acids is 1. The molecular formula is C23H19N5O3. The Kier molecular flexibility index (Phi) is 5.24. The van der Waals surface area contributed by atoms with Crippen LogP contribution in [0.5, 0.6) is 0 Å². The van der Waals surface area contributed by atoms with Crippen molar-refractivity contribution in [3.05, 3.63) is 83.1 Å². The van der Waals surface area contributed by atoms with Gasteiger partial charge >= 0.3 is 5.97 Å². The number of fused-ring (bicyclic) bond motifs is 1. The summed E-state index contributed by atoms with van der Waals surface area (Å²) in [6.45, 7) is 3.02. The van der Waals surface area contributed by atoms with Gasteiger partial charge in [0.15, 0.2) is 11.6 Å². The van der Waals surface area contributed by atoms with E-state index < -0.39 is 12.6 Å². The van der Waals surface area contributed by atoms with Gasteiger partial charge in [0.05, 0.1) is 28.1 Å². The number of aromatic amines is 1. The van der Waals surface area contributed by atoms with Crippen LogP contribution < -0.4 is 0 Å². The molecule has 2 heterocycles. The number of hydrogen-bond donors (Lipinski definition) is 2. The van der Waals surface area contributed by atoms with Gasteiger partial charge in [0, 0.05) is 0 Å². The molecule has 8 heteroatoms. The molecule has 0 saturated carbocycles. The molecule has 154 valence electrons. The normalized spacial score (nSPS) is 11.8. The summed E-state index contributed by atoms with van der Waals surface area (Å²) in [6.07, 6.45) is 0. The third-order valence-electron chi connectivity index (χ3n) is 4.86. The third kappa shape index (κ3) is 3.76. The number of esters is 1. The van der Waals surface area contributed by atoms with Gasteiger partial charge in [-0.05, 0) is 38.1 Å². The Balaban J connectivity index is 1.56. The fourth-order valence-corrected chi connectivity index (χ4v) is 3.36. The Labute approximate surface area is 178 Å². The second-order valence-corrected chi connectivity index (χ2v) is 6.91. The number of aryl methyl sites for hydroxylation is 1. The van der Waals surface area contributed by atoms with E-state index in [9.17, 15) is 15.2 Å². The number of rotatable bonds is 5. The van der Waals surface area contributed by atoms with E-state index in [1.54, 1.807) is 24.6 Å². The van der Waals surface area contributed by atoms with Crippen LogP contribution in [0.1, 0.15) is 27.6 Å². The van der Waals surface area contributed by atoms with E-state index in [1.165, 1.54) is 0 Å². The Bertz CT molecular complexity index is 1310. The first kappa shape index (κ1) is 19.9. The average Bonchev–Trinajstić information content (AvgIpc) is 3.33. The number of aliphatic hydroxyl groups excluding tert-OH is 1. The first-order chi connectivity index (χ1) is 15.0. The van der Waals surface area contributed by atoms with Gasteiger partial charge in [0.2, 0.25) is 0 Å². The molecule has 0 saturated heterocycles. The second kappa shape index (κ2) is 8.16. The Morgan fingerprint density at radius 1 is 1.16 bits per heavy atom. The minimum atomic E-state index is -0.634. The Morgan fingerprint density at radius 2 is 1.87 bits per heavy atom. The predicted octanol–water partition coefficient (Wildman–Crippen LogP) is 4.02. The molecule has 0 radical (unpaired) electrons. The van der Waals surface area contributed by atoms with Gasteiger partial charge in [-0.1, -0.05) is 30.3 Å². The smallest absolute Gasteiger partial charge is 0.342 e. The van der Waals surface area contributed by atoms with E-state index in [-0.39, 0.29) is 17.2 Å². The summed E-state index contributed by atoms with van der Waals surface area (Å²) in [4.78, 5) is 20.0. The summed E-state index contributed by atoms with van der Waals surface area (Å²) in [5.74, 6) is -0.812. The number of carbonyl (C=O) groups is 1. The SMILES string of the molecule is Cc1nn(-c2ccccc2)c(C)c1C(=O)OCC(O)=C(C#N)c1nc2ccccc2[nH]1. The summed E-state index contributed by atoms with van der Waals surface area (Å²) in [7, 11) is 0. The third-order valence-corrected chi connectivity index (χ3v) is 4.86. The van der Waals surface area contributed by atoms with E-state index >= 15 is 0 Å². The summed E-state index contributed by atoms with van der Waals surface area (Å²) in [6, 6.07) is 18.6. The molecule has 0 aliphatic rings. The standard InChI is InChI=1S/C23H19N5O3/c1-14-21(15(2)28(27-14)16-8-4-3-5-9-16)23(30)31-13-20(29)17(12-24)22-25-18-10-6-7-11-19(18)26-22/h3-11,29H,13H2,1-2H3,(H,25,26). The maximum absolute atomic E-state index is 12.7. The molecule has 0 aliphatic heterocycles. The molecule has 31 heavy (non-hydrogen) atoms. The number of H-pyrrole nitrogens is 1. The highest BCUT2D eigenvalue weighted by atomic mass is 16.5. The van der Waals surface area contributed by atoms with Gasteiger partial charge in [-0.2, -0.15) is 10.4 Å². The van der Waals surface area contributed by atoms with Gasteiger partial charge in [-0.25, -0.2) is 14.5 Å². The number of nitriles is 1. The molecule has 0 fully saturated rings. The lowest BCUT2D eigenvalue weighted by Gasteiger charge is -2.07. The monoisotopic (exact) mass is 413 g/mol. The molecule has 0 amide bonds. The van der Waals surface area contributed by atoms with Crippen molar-refractivity contribution >= 4 is 22.6 Å². The largest absolute Gasteiger partial charge is 0.507 e. The number of aromatic nitrogens is 4. The van der Waals surface area contributed by atoms with Crippen LogP contribution in [0, 0.1) is 25.2 Å². The predicted molar refractivity (Wildman–Crippen MR) is 115 cm³/mol. The molecule has 4 rings (SSSR count). The zero-order valence-electron chi connectivity index (χ0n) is 17.0. The van der Waals surface area contributed by atoms with Crippen LogP contribution in [0.25, 0.3) is 22.3 Å². The molecule has 2 aromatic carbocycles. The topological polar surface area (TPSA) is 117 Å². The molecular weight excluding hydrogens is 394 g/mol. The molecule has 0 atom stereocenters. The Morgan fingerprint density at radius 3 is 2.58 bits per heavy atom. The van der Waals surface area contributed by atoms with E-state index in [4.69, 9.17) is 4.74 Å². The molecule has 0 unspecified atom stereocenters. The first-order valence-corrected chi connectivity index (χ1v) is 9.55. The summed E-state index contributed by atoms with van der Waals surface area (Å²) < 4.78 is 6.95. The zero-order chi connectivity index (χ0) is 22.0. The molecule has 0 spiro atoms. The van der Waals surface area contributed by atoms with Crippen LogP contribution in [0.2, 0.25) is 0 Å². The first-order valence-electron chi connectivity index (χ1n) is 9.55. The van der Waals surface area contributed by atoms with Crippen LogP contribution >= 0.6 is 0 Å². The molecule has 2 N–H and O–H groups in total. The summed E-state index contributed by atoms with van der Waals surface area (Å²) in [5.41, 5.74) is 3.57. The zero-order valence-corrected chi connectivity index (χ0v) is 17.0. The van der Waals surface area contributed by atoms with Crippen molar-refractivity contribution in [1.29, 1.82) is 5.26 Å². The number of aliphatic hydroxyl groups is 1. The number of allylic oxidation sites excluding steroid dienone is 1. The van der Waals surface area contributed by atoms with Gasteiger partial charge in [0.25, 0.3) is 0 Å². The van der Waals surface area contributed by atoms with E-state index in [0.29, 0.717) is 22.5 Å². The lowest BCUT2D eigenvalue weighted by atomic mass is 10.2. The molecule has 4 aromatic rings. The number of benzene rings is 2. The number of hydrogen-bond acceptors (Lipinski definition) is 6. The quantitative estimate of drug-likeness (QED) is 0.290. The van der Waals surface area contributed by atoms with Crippen molar-refractivity contribution in [1.82, 2.24) is 19.7 Å². The van der Waals surface area contributed by atoms with Crippen LogP contribution in [0.3, 0.4) is 0 Å². The van der Waals surface area contributed by atoms with Crippen molar-refractivity contribution in [2.24, 2.45) is 0 Å². The summed E-state index contributed by atoms with van der Waals surface area (Å²) in [5, 5.41) is 24.3. The van der Waals surface area contributed by atoms with Gasteiger partial charge in [0.1, 0.15) is 23.8 Å². The van der Waals surface area contributed by atoms with Gasteiger partial charge in [-0.3, -0.25) is 0 Å². The highest BCUT2D eigenvalue weighted by Crippen LogP contribution is 2.21. The number of imidazole rings is 1. The molecule has 8 nitrogen and oxygen atoms in total. The number of nitrogens with zero attached hydrogens (tertiary/aromatic N) is 4. The highest BCUT2D eigenvalue weighted by molar-refractivity contribution is 5.92. The van der Waals surface area contributed by atoms with Crippen molar-refractivity contribution in [2.75, 3.05) is 6.61 Å². The van der Waals surface area contributed by atoms with Gasteiger partial charge < -0.3 is 14.8 Å². The van der Waals surface area contributed by atoms with E-state index in [1.807, 2.05) is 54.6 Å². The maximum atomic E-state index is 12.7. The minimum Gasteiger partial charge on any atom is -0.507 e. The van der Waals surface area contributed by atoms with E-state index in [2.05, 4.69) is 15.1 Å². The fourth-order valence-electron chi connectivity index (χ4n) is 3.36. The number of ether oxygens (including phenoxy) is 1. The van der Waals surface area contributed by atoms with Crippen LogP contribution in [-0.2, 0) is 4.74 Å². The molecule has 0 aliphatic carbocycles. The van der Waals surface area contributed by atoms with Crippen LogP contribution in [0.4, 0.5) is 0 Å². The molecule has 0 bridgehead atoms. The highest BCUT2D eigenvalue weighted by Gasteiger charge is 2.22. The van der Waals surface area contributed by atoms with Crippen LogP contribution in [0.15, 0.2) is 60.4 Å². The average molecular weight is 413 g/mol. The van der Waals surface area contributed by atoms with Crippen molar-refractivity contribution in [2.45, 2.75) is 13.8 Å². The van der Waals surface area contributed by atoms with Crippen molar-refractivity contribution in [3.63, 3.8) is 0 Å². The summed E-state index contributed by atoms with van der Waals surface area (Å²) >= 11 is 0. The van der Waals surface area contributed by atoms with Gasteiger partial charge in [-0.15, -0.1) is 0 Å². The molecule has 2 aromatic heterocycles. The minimum absolute atomic E-state index is 0.0857. The lowest BCUT2D eigenvalue weighted by Crippen LogP contribution is -2.11. The van der Waals surface area contributed by atoms with E-state index in [0.717, 1.165) is 11.2 Å². The second-order valence-electron chi connectivity index (χ2n) is 6.91. The number of para-hydroxylation sites is 3. The number of nitrogens with one attached hydrogen (secondary N) is 1.